The number of carbonyl (C=O) groups is 2. The van der Waals surface area contributed by atoms with Gasteiger partial charge in [0.2, 0.25) is 0 Å². The number of hydrogen-bond acceptors (Lipinski definition) is 4. The standard InChI is InChI=1S/C28H29FN4O2/c1-4-18(15-23(30)33-28(35)21-12-11-19(29)14-17(21)3)25-26(31-20-8-6-5-7-9-20)24-22(32-25)13-10-16(2)27(24)34/h4-9,11-12,14-16,31-32H,10,13,30H2,1-3H3,(H,33,35)/b18-4+,23-15+. The van der Waals surface area contributed by atoms with Gasteiger partial charge in [-0.1, -0.05) is 31.2 Å². The Morgan fingerprint density at radius 1 is 1.20 bits per heavy atom. The van der Waals surface area contributed by atoms with Crippen molar-refractivity contribution < 1.29 is 14.0 Å². The van der Waals surface area contributed by atoms with Gasteiger partial charge < -0.3 is 21.4 Å². The normalized spacial score (nSPS) is 16.1. The van der Waals surface area contributed by atoms with Crippen LogP contribution in [0.4, 0.5) is 15.8 Å². The number of nitrogens with one attached hydrogen (secondary N) is 3. The number of aromatic amines is 1. The third kappa shape index (κ3) is 5.04. The molecule has 1 atom stereocenters. The van der Waals surface area contributed by atoms with Gasteiger partial charge in [-0.15, -0.1) is 0 Å². The lowest BCUT2D eigenvalue weighted by atomic mass is 9.86. The lowest BCUT2D eigenvalue weighted by Gasteiger charge is -2.18. The molecule has 0 fully saturated rings. The van der Waals surface area contributed by atoms with E-state index in [4.69, 9.17) is 5.73 Å². The van der Waals surface area contributed by atoms with Crippen molar-refractivity contribution in [2.24, 2.45) is 11.7 Å². The molecule has 180 valence electrons. The molecule has 4 rings (SSSR count). The summed E-state index contributed by atoms with van der Waals surface area (Å²) in [6.45, 7) is 5.48. The molecule has 0 saturated carbocycles. The van der Waals surface area contributed by atoms with Gasteiger partial charge in [0, 0.05) is 22.9 Å². The molecule has 1 aliphatic rings. The maximum Gasteiger partial charge on any atom is 0.257 e. The van der Waals surface area contributed by atoms with Crippen molar-refractivity contribution in [1.29, 1.82) is 0 Å². The molecule has 0 aliphatic heterocycles. The van der Waals surface area contributed by atoms with Crippen LogP contribution in [0.5, 0.6) is 0 Å². The van der Waals surface area contributed by atoms with Gasteiger partial charge in [-0.25, -0.2) is 4.39 Å². The summed E-state index contributed by atoms with van der Waals surface area (Å²) in [5, 5.41) is 6.09. The molecule has 0 radical (unpaired) electrons. The summed E-state index contributed by atoms with van der Waals surface area (Å²) >= 11 is 0. The predicted octanol–water partition coefficient (Wildman–Crippen LogP) is 5.60. The van der Waals surface area contributed by atoms with E-state index in [1.54, 1.807) is 13.0 Å². The van der Waals surface area contributed by atoms with E-state index in [1.165, 1.54) is 18.2 Å². The van der Waals surface area contributed by atoms with Crippen LogP contribution in [0.3, 0.4) is 0 Å². The Labute approximate surface area is 204 Å². The highest BCUT2D eigenvalue weighted by molar-refractivity contribution is 6.08. The number of rotatable bonds is 6. The fourth-order valence-electron chi connectivity index (χ4n) is 4.34. The third-order valence-electron chi connectivity index (χ3n) is 6.24. The molecule has 2 aromatic carbocycles. The number of para-hydroxylation sites is 1. The van der Waals surface area contributed by atoms with E-state index in [9.17, 15) is 14.0 Å². The molecule has 3 aromatic rings. The zero-order valence-electron chi connectivity index (χ0n) is 20.0. The van der Waals surface area contributed by atoms with Crippen LogP contribution in [0.1, 0.15) is 57.9 Å². The number of ketones is 1. The topological polar surface area (TPSA) is 100 Å². The van der Waals surface area contributed by atoms with Crippen molar-refractivity contribution in [3.8, 4) is 0 Å². The first-order valence-electron chi connectivity index (χ1n) is 11.6. The predicted molar refractivity (Wildman–Crippen MR) is 137 cm³/mol. The molecule has 0 spiro atoms. The minimum absolute atomic E-state index is 0.0598. The maximum atomic E-state index is 13.4. The minimum Gasteiger partial charge on any atom is -0.385 e. The average molecular weight is 473 g/mol. The molecule has 7 heteroatoms. The number of aromatic nitrogens is 1. The van der Waals surface area contributed by atoms with Crippen LogP contribution >= 0.6 is 0 Å². The van der Waals surface area contributed by atoms with Crippen molar-refractivity contribution in [2.45, 2.75) is 33.6 Å². The highest BCUT2D eigenvalue weighted by Gasteiger charge is 2.31. The zero-order valence-corrected chi connectivity index (χ0v) is 20.0. The van der Waals surface area contributed by atoms with E-state index >= 15 is 0 Å². The second kappa shape index (κ2) is 10.0. The fourth-order valence-corrected chi connectivity index (χ4v) is 4.34. The molecular weight excluding hydrogens is 443 g/mol. The van der Waals surface area contributed by atoms with E-state index < -0.39 is 11.7 Å². The SMILES string of the molecule is C/C=C(\C=C(/N)NC(=O)c1ccc(F)cc1C)c1[nH]c2c(c1Nc1ccccc1)C(=O)C(C)CC2. The summed E-state index contributed by atoms with van der Waals surface area (Å²) in [7, 11) is 0. The molecule has 1 aromatic heterocycles. The first-order valence-corrected chi connectivity index (χ1v) is 11.6. The lowest BCUT2D eigenvalue weighted by molar-refractivity contribution is 0.0913. The van der Waals surface area contributed by atoms with Crippen LogP contribution in [0.25, 0.3) is 5.57 Å². The Bertz CT molecular complexity index is 1340. The van der Waals surface area contributed by atoms with Gasteiger partial charge in [0.1, 0.15) is 11.6 Å². The molecule has 0 saturated heterocycles. The Kier molecular flexibility index (Phi) is 6.87. The summed E-state index contributed by atoms with van der Waals surface area (Å²) in [6.07, 6.45) is 5.07. The van der Waals surface area contributed by atoms with Gasteiger partial charge in [0.05, 0.1) is 16.9 Å². The van der Waals surface area contributed by atoms with Crippen molar-refractivity contribution in [3.63, 3.8) is 0 Å². The third-order valence-corrected chi connectivity index (χ3v) is 6.24. The summed E-state index contributed by atoms with van der Waals surface area (Å²) in [5.74, 6) is -0.666. The molecule has 1 aliphatic carbocycles. The van der Waals surface area contributed by atoms with Crippen LogP contribution in [-0.2, 0) is 6.42 Å². The molecule has 6 nitrogen and oxygen atoms in total. The van der Waals surface area contributed by atoms with Crippen molar-refractivity contribution in [1.82, 2.24) is 10.3 Å². The monoisotopic (exact) mass is 472 g/mol. The van der Waals surface area contributed by atoms with Crippen molar-refractivity contribution >= 4 is 28.6 Å². The van der Waals surface area contributed by atoms with Crippen molar-refractivity contribution in [2.75, 3.05) is 5.32 Å². The number of nitrogens with two attached hydrogens (primary N) is 1. The number of anilines is 2. The van der Waals surface area contributed by atoms with E-state index in [-0.39, 0.29) is 17.5 Å². The first-order chi connectivity index (χ1) is 16.8. The van der Waals surface area contributed by atoms with Crippen LogP contribution in [0.15, 0.2) is 66.5 Å². The van der Waals surface area contributed by atoms with Crippen LogP contribution in [0, 0.1) is 18.7 Å². The summed E-state index contributed by atoms with van der Waals surface area (Å²) in [4.78, 5) is 29.3. The Morgan fingerprint density at radius 3 is 2.63 bits per heavy atom. The Morgan fingerprint density at radius 2 is 1.94 bits per heavy atom. The summed E-state index contributed by atoms with van der Waals surface area (Å²) < 4.78 is 13.4. The fraction of sp³-hybridized carbons (Fsp3) is 0.214. The Balaban J connectivity index is 1.69. The van der Waals surface area contributed by atoms with Gasteiger partial charge in [-0.05, 0) is 74.2 Å². The van der Waals surface area contributed by atoms with E-state index in [2.05, 4.69) is 15.6 Å². The number of hydrogen-bond donors (Lipinski definition) is 4. The van der Waals surface area contributed by atoms with Gasteiger partial charge in [-0.3, -0.25) is 9.59 Å². The number of carbonyl (C=O) groups excluding carboxylic acids is 2. The van der Waals surface area contributed by atoms with Gasteiger partial charge in [0.25, 0.3) is 5.91 Å². The number of fused-ring (bicyclic) bond motifs is 1. The van der Waals surface area contributed by atoms with Crippen LogP contribution in [-0.4, -0.2) is 16.7 Å². The van der Waals surface area contributed by atoms with Crippen LogP contribution in [0.2, 0.25) is 0 Å². The maximum absolute atomic E-state index is 13.4. The number of H-pyrrole nitrogens is 1. The molecule has 35 heavy (non-hydrogen) atoms. The van der Waals surface area contributed by atoms with Crippen molar-refractivity contribution in [3.05, 3.63) is 100 Å². The highest BCUT2D eigenvalue weighted by atomic mass is 19.1. The molecule has 0 bridgehead atoms. The molecular formula is C28H29FN4O2. The largest absolute Gasteiger partial charge is 0.385 e. The second-order valence-electron chi connectivity index (χ2n) is 8.78. The molecule has 5 N–H and O–H groups in total. The number of allylic oxidation sites excluding steroid dienone is 3. The van der Waals surface area contributed by atoms with Crippen LogP contribution < -0.4 is 16.4 Å². The van der Waals surface area contributed by atoms with E-state index in [1.807, 2.05) is 50.3 Å². The Hall–Kier alpha value is -4.13. The quantitative estimate of drug-likeness (QED) is 0.351. The molecule has 1 unspecified atom stereocenters. The summed E-state index contributed by atoms with van der Waals surface area (Å²) in [5.41, 5.74) is 11.6. The van der Waals surface area contributed by atoms with Gasteiger partial charge in [-0.2, -0.15) is 0 Å². The zero-order chi connectivity index (χ0) is 25.1. The van der Waals surface area contributed by atoms with E-state index in [0.717, 1.165) is 29.9 Å². The highest BCUT2D eigenvalue weighted by Crippen LogP contribution is 2.38. The smallest absolute Gasteiger partial charge is 0.257 e. The number of aryl methyl sites for hydroxylation is 2. The minimum atomic E-state index is -0.427. The first kappa shape index (κ1) is 24.0. The van der Waals surface area contributed by atoms with E-state index in [0.29, 0.717) is 28.0 Å². The van der Waals surface area contributed by atoms with Gasteiger partial charge in [0.15, 0.2) is 5.78 Å². The summed E-state index contributed by atoms with van der Waals surface area (Å²) in [6, 6.07) is 13.6. The molecule has 1 heterocycles. The average Bonchev–Trinajstić information content (AvgIpc) is 3.19. The number of halogens is 1. The second-order valence-corrected chi connectivity index (χ2v) is 8.78. The van der Waals surface area contributed by atoms with Gasteiger partial charge >= 0.3 is 0 Å². The molecule has 1 amide bonds. The number of Topliss-reactive ketones (excluding diaryl/α,β-unsaturated/α-hetero) is 1. The number of benzene rings is 2. The lowest BCUT2D eigenvalue weighted by Crippen LogP contribution is -2.28. The number of amides is 1.